The average Bonchev–Trinajstić information content (AvgIpc) is 2.22. The molecule has 0 fully saturated rings. The lowest BCUT2D eigenvalue weighted by molar-refractivity contribution is -0.123. The van der Waals surface area contributed by atoms with Gasteiger partial charge in [0.15, 0.2) is 0 Å². The lowest BCUT2D eigenvalue weighted by atomic mass is 10.2. The number of carbonyl (C=O) groups is 2. The highest BCUT2D eigenvalue weighted by molar-refractivity contribution is 6.35. The summed E-state index contributed by atoms with van der Waals surface area (Å²) in [5.74, 6) is -0.487. The monoisotopic (exact) mass is 302 g/mol. The summed E-state index contributed by atoms with van der Waals surface area (Å²) in [7, 11) is 0. The normalized spacial score (nSPS) is 10.4. The van der Waals surface area contributed by atoms with Crippen LogP contribution in [0.1, 0.15) is 20.8 Å². The molecule has 0 spiro atoms. The van der Waals surface area contributed by atoms with Gasteiger partial charge in [-0.2, -0.15) is 0 Å². The van der Waals surface area contributed by atoms with E-state index in [1.807, 2.05) is 13.8 Å². The molecule has 104 valence electrons. The number of nitrogens with one attached hydrogen (secondary N) is 1. The Kier molecular flexibility index (Phi) is 5.63. The zero-order valence-corrected chi connectivity index (χ0v) is 12.5. The first-order valence-electron chi connectivity index (χ1n) is 5.83. The Labute approximate surface area is 122 Å². The van der Waals surface area contributed by atoms with Crippen LogP contribution in [0.25, 0.3) is 0 Å². The van der Waals surface area contributed by atoms with E-state index in [-0.39, 0.29) is 24.4 Å². The molecule has 1 aromatic rings. The first kappa shape index (κ1) is 15.8. The molecule has 1 aromatic carbocycles. The molecule has 0 unspecified atom stereocenters. The molecule has 0 bridgehead atoms. The van der Waals surface area contributed by atoms with Crippen molar-refractivity contribution in [2.24, 2.45) is 0 Å². The van der Waals surface area contributed by atoms with Gasteiger partial charge in [-0.25, -0.2) is 0 Å². The van der Waals surface area contributed by atoms with Gasteiger partial charge >= 0.3 is 0 Å². The fraction of sp³-hybridized carbons (Fsp3) is 0.385. The molecule has 0 heterocycles. The number of hydrogen-bond donors (Lipinski definition) is 1. The van der Waals surface area contributed by atoms with Gasteiger partial charge in [-0.1, -0.05) is 23.2 Å². The summed E-state index contributed by atoms with van der Waals surface area (Å²) in [4.78, 5) is 24.7. The third-order valence-corrected chi connectivity index (χ3v) is 2.73. The number of halogens is 2. The van der Waals surface area contributed by atoms with E-state index in [9.17, 15) is 9.59 Å². The van der Waals surface area contributed by atoms with Gasteiger partial charge in [0.05, 0.1) is 0 Å². The molecule has 0 aliphatic rings. The van der Waals surface area contributed by atoms with E-state index in [1.165, 1.54) is 11.8 Å². The van der Waals surface area contributed by atoms with Crippen molar-refractivity contribution in [1.82, 2.24) is 5.32 Å². The summed E-state index contributed by atoms with van der Waals surface area (Å²) < 4.78 is 0. The second kappa shape index (κ2) is 6.78. The van der Waals surface area contributed by atoms with Crippen molar-refractivity contribution in [1.29, 1.82) is 0 Å². The van der Waals surface area contributed by atoms with Gasteiger partial charge in [0, 0.05) is 28.7 Å². The van der Waals surface area contributed by atoms with E-state index in [4.69, 9.17) is 23.2 Å². The third kappa shape index (κ3) is 5.09. The average molecular weight is 303 g/mol. The standard InChI is InChI=1S/C13H16Cl2N2O2/c1-8(2)16-13(19)7-17(9(3)18)12-5-10(14)4-11(15)6-12/h4-6,8H,7H2,1-3H3,(H,16,19). The van der Waals surface area contributed by atoms with Gasteiger partial charge in [-0.05, 0) is 32.0 Å². The highest BCUT2D eigenvalue weighted by atomic mass is 35.5. The van der Waals surface area contributed by atoms with Crippen LogP contribution in [0.15, 0.2) is 18.2 Å². The first-order chi connectivity index (χ1) is 8.79. The van der Waals surface area contributed by atoms with Gasteiger partial charge in [-0.15, -0.1) is 0 Å². The second-order valence-electron chi connectivity index (χ2n) is 4.46. The number of benzene rings is 1. The highest BCUT2D eigenvalue weighted by Crippen LogP contribution is 2.25. The Morgan fingerprint density at radius 3 is 2.16 bits per heavy atom. The Morgan fingerprint density at radius 1 is 1.21 bits per heavy atom. The predicted molar refractivity (Wildman–Crippen MR) is 77.8 cm³/mol. The zero-order chi connectivity index (χ0) is 14.6. The summed E-state index contributed by atoms with van der Waals surface area (Å²) in [6.07, 6.45) is 0. The SMILES string of the molecule is CC(=O)N(CC(=O)NC(C)C)c1cc(Cl)cc(Cl)c1. The number of carbonyl (C=O) groups excluding carboxylic acids is 2. The maximum atomic E-state index is 11.7. The Bertz CT molecular complexity index is 469. The molecule has 1 rings (SSSR count). The van der Waals surface area contributed by atoms with Crippen LogP contribution in [0.2, 0.25) is 10.0 Å². The molecule has 0 aliphatic carbocycles. The maximum absolute atomic E-state index is 11.7. The molecule has 0 aromatic heterocycles. The van der Waals surface area contributed by atoms with Gasteiger partial charge in [0.1, 0.15) is 6.54 Å². The minimum atomic E-state index is -0.253. The van der Waals surface area contributed by atoms with Crippen molar-refractivity contribution in [2.45, 2.75) is 26.8 Å². The van der Waals surface area contributed by atoms with Crippen molar-refractivity contribution in [2.75, 3.05) is 11.4 Å². The molecular weight excluding hydrogens is 287 g/mol. The summed E-state index contributed by atoms with van der Waals surface area (Å²) in [5.41, 5.74) is 0.504. The van der Waals surface area contributed by atoms with Crippen molar-refractivity contribution in [3.8, 4) is 0 Å². The van der Waals surface area contributed by atoms with Crippen molar-refractivity contribution >= 4 is 40.7 Å². The number of anilines is 1. The molecule has 0 saturated heterocycles. The van der Waals surface area contributed by atoms with Crippen LogP contribution in [-0.2, 0) is 9.59 Å². The van der Waals surface area contributed by atoms with Gasteiger partial charge in [0.25, 0.3) is 0 Å². The van der Waals surface area contributed by atoms with Crippen LogP contribution in [-0.4, -0.2) is 24.4 Å². The topological polar surface area (TPSA) is 49.4 Å². The summed E-state index contributed by atoms with van der Waals surface area (Å²) in [6.45, 7) is 5.03. The van der Waals surface area contributed by atoms with Gasteiger partial charge < -0.3 is 10.2 Å². The van der Waals surface area contributed by atoms with Crippen molar-refractivity contribution < 1.29 is 9.59 Å². The van der Waals surface area contributed by atoms with E-state index in [0.717, 1.165) is 0 Å². The maximum Gasteiger partial charge on any atom is 0.240 e. The molecule has 2 amide bonds. The number of rotatable bonds is 4. The second-order valence-corrected chi connectivity index (χ2v) is 5.33. The van der Waals surface area contributed by atoms with E-state index >= 15 is 0 Å². The predicted octanol–water partition coefficient (Wildman–Crippen LogP) is 2.87. The van der Waals surface area contributed by atoms with Crippen molar-refractivity contribution in [3.63, 3.8) is 0 Å². The molecule has 1 N–H and O–H groups in total. The summed E-state index contributed by atoms with van der Waals surface area (Å²) >= 11 is 11.8. The number of hydrogen-bond acceptors (Lipinski definition) is 2. The minimum Gasteiger partial charge on any atom is -0.352 e. The summed E-state index contributed by atoms with van der Waals surface area (Å²) in [6, 6.07) is 4.78. The molecule has 6 heteroatoms. The lowest BCUT2D eigenvalue weighted by Crippen LogP contribution is -2.42. The van der Waals surface area contributed by atoms with Crippen molar-refractivity contribution in [3.05, 3.63) is 28.2 Å². The van der Waals surface area contributed by atoms with E-state index < -0.39 is 0 Å². The smallest absolute Gasteiger partial charge is 0.240 e. The fourth-order valence-electron chi connectivity index (χ4n) is 1.59. The van der Waals surface area contributed by atoms with Crippen LogP contribution in [0, 0.1) is 0 Å². The van der Waals surface area contributed by atoms with Crippen LogP contribution >= 0.6 is 23.2 Å². The molecular formula is C13H16Cl2N2O2. The van der Waals surface area contributed by atoms with Crippen LogP contribution in [0.5, 0.6) is 0 Å². The zero-order valence-electron chi connectivity index (χ0n) is 11.0. The lowest BCUT2D eigenvalue weighted by Gasteiger charge is -2.22. The largest absolute Gasteiger partial charge is 0.352 e. The fourth-order valence-corrected chi connectivity index (χ4v) is 2.11. The molecule has 0 radical (unpaired) electrons. The first-order valence-corrected chi connectivity index (χ1v) is 6.58. The molecule has 4 nitrogen and oxygen atoms in total. The number of amides is 2. The van der Waals surface area contributed by atoms with Crippen LogP contribution < -0.4 is 10.2 Å². The number of nitrogens with zero attached hydrogens (tertiary/aromatic N) is 1. The van der Waals surface area contributed by atoms with Gasteiger partial charge in [0.2, 0.25) is 11.8 Å². The molecule has 0 saturated carbocycles. The third-order valence-electron chi connectivity index (χ3n) is 2.29. The molecule has 0 aliphatic heterocycles. The van der Waals surface area contributed by atoms with E-state index in [2.05, 4.69) is 5.32 Å². The van der Waals surface area contributed by atoms with E-state index in [0.29, 0.717) is 15.7 Å². The Hall–Kier alpha value is -1.26. The highest BCUT2D eigenvalue weighted by Gasteiger charge is 2.17. The van der Waals surface area contributed by atoms with Gasteiger partial charge in [-0.3, -0.25) is 9.59 Å². The summed E-state index contributed by atoms with van der Waals surface area (Å²) in [5, 5.41) is 3.56. The molecule has 0 atom stereocenters. The quantitative estimate of drug-likeness (QED) is 0.930. The Morgan fingerprint density at radius 2 is 1.74 bits per heavy atom. The Balaban J connectivity index is 2.94. The van der Waals surface area contributed by atoms with Crippen LogP contribution in [0.4, 0.5) is 5.69 Å². The minimum absolute atomic E-state index is 0.0178. The van der Waals surface area contributed by atoms with E-state index in [1.54, 1.807) is 18.2 Å². The van der Waals surface area contributed by atoms with Crippen LogP contribution in [0.3, 0.4) is 0 Å². The molecule has 19 heavy (non-hydrogen) atoms.